The maximum atomic E-state index is 13.0. The molecule has 0 bridgehead atoms. The number of fused-ring (bicyclic) bond motifs is 4. The second kappa shape index (κ2) is 6.88. The maximum absolute atomic E-state index is 13.0. The Morgan fingerprint density at radius 2 is 1.97 bits per heavy atom. The van der Waals surface area contributed by atoms with Crippen molar-refractivity contribution in [2.75, 3.05) is 0 Å². The molecular formula is C23H22N4O2. The fourth-order valence-corrected chi connectivity index (χ4v) is 4.50. The number of carbonyl (C=O) groups is 1. The zero-order chi connectivity index (χ0) is 20.0. The minimum Gasteiger partial charge on any atom is -0.348 e. The first kappa shape index (κ1) is 17.7. The van der Waals surface area contributed by atoms with Gasteiger partial charge in [-0.1, -0.05) is 36.4 Å². The summed E-state index contributed by atoms with van der Waals surface area (Å²) in [4.78, 5) is 29.2. The normalized spacial score (nSPS) is 16.1. The summed E-state index contributed by atoms with van der Waals surface area (Å²) < 4.78 is 3.76. The largest absolute Gasteiger partial charge is 0.348 e. The minimum atomic E-state index is -0.270. The van der Waals surface area contributed by atoms with Crippen molar-refractivity contribution in [3.05, 3.63) is 81.8 Å². The molecule has 0 unspecified atom stereocenters. The number of hydrogen-bond acceptors (Lipinski definition) is 3. The Hall–Kier alpha value is -3.41. The summed E-state index contributed by atoms with van der Waals surface area (Å²) in [5.74, 6) is -0.0487. The van der Waals surface area contributed by atoms with Gasteiger partial charge in [0.1, 0.15) is 6.54 Å². The summed E-state index contributed by atoms with van der Waals surface area (Å²) in [6.45, 7) is 2.02. The molecule has 2 aromatic carbocycles. The van der Waals surface area contributed by atoms with Crippen molar-refractivity contribution in [1.82, 2.24) is 19.5 Å². The Morgan fingerprint density at radius 1 is 1.17 bits per heavy atom. The van der Waals surface area contributed by atoms with Crippen LogP contribution in [0, 0.1) is 6.92 Å². The molecule has 0 radical (unpaired) electrons. The standard InChI is InChI=1S/C23H22N4O2/c1-15-13-21(28)25-23-18-10-4-5-12-20(18)26(27(15)23)14-22(29)24-19-11-6-8-16-7-2-3-9-17(16)19/h2-5,7,9-10,12-13,19H,6,8,11,14H2,1H3,(H,24,29)/t19-/m0/s1. The summed E-state index contributed by atoms with van der Waals surface area (Å²) >= 11 is 0. The van der Waals surface area contributed by atoms with Gasteiger partial charge in [-0.2, -0.15) is 4.98 Å². The molecule has 6 heteroatoms. The fourth-order valence-electron chi connectivity index (χ4n) is 4.50. The summed E-state index contributed by atoms with van der Waals surface area (Å²) in [6, 6.07) is 17.6. The van der Waals surface area contributed by atoms with E-state index in [9.17, 15) is 9.59 Å². The van der Waals surface area contributed by atoms with Gasteiger partial charge in [-0.25, -0.2) is 4.52 Å². The van der Waals surface area contributed by atoms with Crippen LogP contribution in [0.15, 0.2) is 59.4 Å². The number of nitrogens with one attached hydrogen (secondary N) is 1. The van der Waals surface area contributed by atoms with Crippen LogP contribution in [0.3, 0.4) is 0 Å². The van der Waals surface area contributed by atoms with Crippen LogP contribution in [0.5, 0.6) is 0 Å². The Morgan fingerprint density at radius 3 is 2.86 bits per heavy atom. The van der Waals surface area contributed by atoms with E-state index in [1.54, 1.807) is 0 Å². The number of rotatable bonds is 3. The second-order valence-corrected chi connectivity index (χ2v) is 7.66. The molecule has 1 aliphatic rings. The molecule has 1 N–H and O–H groups in total. The summed E-state index contributed by atoms with van der Waals surface area (Å²) in [5.41, 5.74) is 4.49. The maximum Gasteiger partial charge on any atom is 0.273 e. The zero-order valence-electron chi connectivity index (χ0n) is 16.3. The lowest BCUT2D eigenvalue weighted by Crippen LogP contribution is -2.34. The third-order valence-electron chi connectivity index (χ3n) is 5.75. The van der Waals surface area contributed by atoms with Crippen molar-refractivity contribution in [2.24, 2.45) is 0 Å². The lowest BCUT2D eigenvalue weighted by Gasteiger charge is -2.26. The number of amides is 1. The molecule has 29 heavy (non-hydrogen) atoms. The topological polar surface area (TPSA) is 68.4 Å². The Labute approximate surface area is 167 Å². The van der Waals surface area contributed by atoms with E-state index in [-0.39, 0.29) is 24.1 Å². The average molecular weight is 386 g/mol. The monoisotopic (exact) mass is 386 g/mol. The van der Waals surface area contributed by atoms with Crippen LogP contribution in [0.1, 0.15) is 35.7 Å². The number of aryl methyl sites for hydroxylation is 2. The molecule has 0 aliphatic heterocycles. The predicted octanol–water partition coefficient (Wildman–Crippen LogP) is 3.15. The van der Waals surface area contributed by atoms with E-state index in [0.717, 1.165) is 35.9 Å². The first-order valence-corrected chi connectivity index (χ1v) is 9.97. The number of nitrogens with zero attached hydrogens (tertiary/aromatic N) is 3. The van der Waals surface area contributed by atoms with Gasteiger partial charge in [-0.15, -0.1) is 0 Å². The van der Waals surface area contributed by atoms with Crippen LogP contribution in [0.4, 0.5) is 0 Å². The van der Waals surface area contributed by atoms with Crippen molar-refractivity contribution < 1.29 is 4.79 Å². The summed E-state index contributed by atoms with van der Waals surface area (Å²) in [7, 11) is 0. The SMILES string of the molecule is Cc1cc(=O)nc2c3ccccc3n(CC(=O)N[C@H]3CCCc4ccccc43)n12. The highest BCUT2D eigenvalue weighted by Gasteiger charge is 2.22. The number of hydrogen-bond donors (Lipinski definition) is 1. The third kappa shape index (κ3) is 3.01. The molecule has 2 heterocycles. The first-order valence-electron chi connectivity index (χ1n) is 9.97. The molecular weight excluding hydrogens is 364 g/mol. The van der Waals surface area contributed by atoms with Gasteiger partial charge in [0.05, 0.1) is 11.6 Å². The highest BCUT2D eigenvalue weighted by atomic mass is 16.2. The van der Waals surface area contributed by atoms with E-state index in [1.165, 1.54) is 17.2 Å². The summed E-state index contributed by atoms with van der Waals surface area (Å²) in [5, 5.41) is 4.08. The molecule has 0 saturated carbocycles. The molecule has 146 valence electrons. The average Bonchev–Trinajstić information content (AvgIpc) is 3.02. The van der Waals surface area contributed by atoms with Crippen molar-refractivity contribution in [1.29, 1.82) is 0 Å². The van der Waals surface area contributed by atoms with Gasteiger partial charge in [-0.3, -0.25) is 14.3 Å². The number of benzene rings is 2. The first-order chi connectivity index (χ1) is 14.1. The Bertz CT molecular complexity index is 1300. The van der Waals surface area contributed by atoms with E-state index < -0.39 is 0 Å². The van der Waals surface area contributed by atoms with E-state index in [2.05, 4.69) is 28.5 Å². The van der Waals surface area contributed by atoms with E-state index in [0.29, 0.717) is 5.65 Å². The van der Waals surface area contributed by atoms with Crippen LogP contribution in [-0.2, 0) is 17.8 Å². The predicted molar refractivity (Wildman–Crippen MR) is 112 cm³/mol. The van der Waals surface area contributed by atoms with Crippen molar-refractivity contribution in [3.63, 3.8) is 0 Å². The van der Waals surface area contributed by atoms with Crippen LogP contribution in [-0.4, -0.2) is 20.1 Å². The van der Waals surface area contributed by atoms with Crippen LogP contribution >= 0.6 is 0 Å². The van der Waals surface area contributed by atoms with E-state index in [4.69, 9.17) is 0 Å². The highest BCUT2D eigenvalue weighted by Crippen LogP contribution is 2.29. The quantitative estimate of drug-likeness (QED) is 0.588. The number of para-hydroxylation sites is 1. The molecule has 5 rings (SSSR count). The highest BCUT2D eigenvalue weighted by molar-refractivity contribution is 5.93. The second-order valence-electron chi connectivity index (χ2n) is 7.66. The third-order valence-corrected chi connectivity index (χ3v) is 5.75. The molecule has 4 aromatic rings. The van der Waals surface area contributed by atoms with E-state index in [1.807, 2.05) is 46.5 Å². The minimum absolute atomic E-state index is 0.0398. The van der Waals surface area contributed by atoms with Crippen molar-refractivity contribution >= 4 is 22.5 Å². The Kier molecular flexibility index (Phi) is 4.19. The summed E-state index contributed by atoms with van der Waals surface area (Å²) in [6.07, 6.45) is 3.08. The molecule has 1 amide bonds. The fraction of sp³-hybridized carbons (Fsp3) is 0.261. The zero-order valence-corrected chi connectivity index (χ0v) is 16.3. The van der Waals surface area contributed by atoms with Gasteiger partial charge in [-0.05, 0) is 49.4 Å². The molecule has 6 nitrogen and oxygen atoms in total. The lowest BCUT2D eigenvalue weighted by molar-refractivity contribution is -0.122. The number of aromatic nitrogens is 3. The van der Waals surface area contributed by atoms with Crippen LogP contribution in [0.25, 0.3) is 16.6 Å². The van der Waals surface area contributed by atoms with Gasteiger partial charge in [0.25, 0.3) is 5.56 Å². The lowest BCUT2D eigenvalue weighted by atomic mass is 9.88. The van der Waals surface area contributed by atoms with E-state index >= 15 is 0 Å². The number of carbonyl (C=O) groups excluding carboxylic acids is 1. The molecule has 0 saturated heterocycles. The van der Waals surface area contributed by atoms with Crippen molar-refractivity contribution in [3.8, 4) is 0 Å². The van der Waals surface area contributed by atoms with Gasteiger partial charge >= 0.3 is 0 Å². The molecule has 2 aromatic heterocycles. The van der Waals surface area contributed by atoms with Crippen LogP contribution in [0.2, 0.25) is 0 Å². The Balaban J connectivity index is 1.52. The molecule has 1 aliphatic carbocycles. The van der Waals surface area contributed by atoms with Gasteiger partial charge in [0.15, 0.2) is 5.65 Å². The smallest absolute Gasteiger partial charge is 0.273 e. The van der Waals surface area contributed by atoms with Crippen LogP contribution < -0.4 is 10.9 Å². The van der Waals surface area contributed by atoms with Gasteiger partial charge in [0.2, 0.25) is 5.91 Å². The molecule has 0 spiro atoms. The molecule has 1 atom stereocenters. The van der Waals surface area contributed by atoms with Crippen molar-refractivity contribution in [2.45, 2.75) is 38.8 Å². The molecule has 0 fully saturated rings. The van der Waals surface area contributed by atoms with Gasteiger partial charge in [0, 0.05) is 17.1 Å². The van der Waals surface area contributed by atoms with Gasteiger partial charge < -0.3 is 5.32 Å².